The van der Waals surface area contributed by atoms with Gasteiger partial charge in [0.25, 0.3) is 5.91 Å². The molecular weight excluding hydrogens is 304 g/mol. The van der Waals surface area contributed by atoms with Crippen molar-refractivity contribution in [3.8, 4) is 6.07 Å². The third kappa shape index (κ3) is 2.68. The normalized spacial score (nSPS) is 10.5. The Morgan fingerprint density at radius 2 is 1.88 bits per heavy atom. The van der Waals surface area contributed by atoms with Crippen LogP contribution in [-0.2, 0) is 20.6 Å². The molecule has 0 saturated heterocycles. The van der Waals surface area contributed by atoms with Crippen molar-refractivity contribution in [1.29, 1.82) is 5.26 Å². The van der Waals surface area contributed by atoms with E-state index in [9.17, 15) is 9.59 Å². The Balaban J connectivity index is 1.80. The molecule has 0 radical (unpaired) electrons. The molecular formula is C18H16N4O2. The maximum absolute atomic E-state index is 12.2. The molecule has 1 heterocycles. The Hall–Kier alpha value is -3.33. The standard InChI is InChI=1S/C18H16N4O2/c1-21-15-7-6-13(9-16(15)22(2)18(21)24)11-20-17(23)14-5-3-4-12(8-14)10-19/h3-9H,11H2,1-2H3,(H,20,23). The lowest BCUT2D eigenvalue weighted by Gasteiger charge is -2.06. The molecule has 0 fully saturated rings. The van der Waals surface area contributed by atoms with Gasteiger partial charge < -0.3 is 5.32 Å². The first-order valence-electron chi connectivity index (χ1n) is 7.44. The summed E-state index contributed by atoms with van der Waals surface area (Å²) >= 11 is 0. The number of nitriles is 1. The molecule has 24 heavy (non-hydrogen) atoms. The first kappa shape index (κ1) is 15.6. The summed E-state index contributed by atoms with van der Waals surface area (Å²) < 4.78 is 3.17. The number of hydrogen-bond acceptors (Lipinski definition) is 3. The number of aryl methyl sites for hydroxylation is 2. The maximum Gasteiger partial charge on any atom is 0.328 e. The number of nitrogens with one attached hydrogen (secondary N) is 1. The average molecular weight is 320 g/mol. The number of rotatable bonds is 3. The van der Waals surface area contributed by atoms with E-state index in [1.165, 1.54) is 0 Å². The molecule has 0 aliphatic carbocycles. The molecule has 0 bridgehead atoms. The van der Waals surface area contributed by atoms with Crippen LogP contribution >= 0.6 is 0 Å². The van der Waals surface area contributed by atoms with Crippen LogP contribution in [0.25, 0.3) is 11.0 Å². The molecule has 0 aliphatic heterocycles. The first-order valence-corrected chi connectivity index (χ1v) is 7.44. The number of fused-ring (bicyclic) bond motifs is 1. The van der Waals surface area contributed by atoms with E-state index >= 15 is 0 Å². The fourth-order valence-electron chi connectivity index (χ4n) is 2.68. The Morgan fingerprint density at radius 3 is 2.62 bits per heavy atom. The Morgan fingerprint density at radius 1 is 1.12 bits per heavy atom. The van der Waals surface area contributed by atoms with Gasteiger partial charge in [-0.1, -0.05) is 12.1 Å². The van der Waals surface area contributed by atoms with E-state index in [0.717, 1.165) is 16.6 Å². The molecule has 1 N–H and O–H groups in total. The Kier molecular flexibility index (Phi) is 3.92. The number of carbonyl (C=O) groups is 1. The van der Waals surface area contributed by atoms with Crippen molar-refractivity contribution in [2.24, 2.45) is 14.1 Å². The van der Waals surface area contributed by atoms with Crippen LogP contribution in [0.1, 0.15) is 21.5 Å². The lowest BCUT2D eigenvalue weighted by Crippen LogP contribution is -2.22. The summed E-state index contributed by atoms with van der Waals surface area (Å²) in [6.45, 7) is 0.342. The lowest BCUT2D eigenvalue weighted by molar-refractivity contribution is 0.0951. The molecule has 3 aromatic rings. The summed E-state index contributed by atoms with van der Waals surface area (Å²) in [7, 11) is 3.45. The predicted molar refractivity (Wildman–Crippen MR) is 90.5 cm³/mol. The van der Waals surface area contributed by atoms with Crippen molar-refractivity contribution >= 4 is 16.9 Å². The van der Waals surface area contributed by atoms with Gasteiger partial charge in [0.1, 0.15) is 0 Å². The number of benzene rings is 2. The molecule has 0 spiro atoms. The summed E-state index contributed by atoms with van der Waals surface area (Å²) in [5, 5.41) is 11.7. The highest BCUT2D eigenvalue weighted by molar-refractivity contribution is 5.94. The summed E-state index contributed by atoms with van der Waals surface area (Å²) in [5.41, 5.74) is 3.37. The van der Waals surface area contributed by atoms with E-state index in [0.29, 0.717) is 17.7 Å². The van der Waals surface area contributed by atoms with Gasteiger partial charge >= 0.3 is 5.69 Å². The SMILES string of the molecule is Cn1c(=O)n(C)c2cc(CNC(=O)c3cccc(C#N)c3)ccc21. The number of carbonyl (C=O) groups excluding carboxylic acids is 1. The number of imidazole rings is 1. The molecule has 1 amide bonds. The van der Waals surface area contributed by atoms with Crippen molar-refractivity contribution in [1.82, 2.24) is 14.5 Å². The quantitative estimate of drug-likeness (QED) is 0.797. The molecule has 0 aliphatic rings. The van der Waals surface area contributed by atoms with Crippen LogP contribution in [0.3, 0.4) is 0 Å². The molecule has 120 valence electrons. The van der Waals surface area contributed by atoms with Gasteiger partial charge in [-0.3, -0.25) is 13.9 Å². The largest absolute Gasteiger partial charge is 0.348 e. The highest BCUT2D eigenvalue weighted by atomic mass is 16.2. The van der Waals surface area contributed by atoms with Gasteiger partial charge in [0, 0.05) is 26.2 Å². The number of hydrogen-bond donors (Lipinski definition) is 1. The van der Waals surface area contributed by atoms with Gasteiger partial charge in [-0.15, -0.1) is 0 Å². The fraction of sp³-hybridized carbons (Fsp3) is 0.167. The zero-order valence-corrected chi connectivity index (χ0v) is 13.4. The van der Waals surface area contributed by atoms with Crippen molar-refractivity contribution in [3.63, 3.8) is 0 Å². The van der Waals surface area contributed by atoms with Gasteiger partial charge in [-0.25, -0.2) is 4.79 Å². The van der Waals surface area contributed by atoms with E-state index in [1.54, 1.807) is 47.5 Å². The number of amides is 1. The van der Waals surface area contributed by atoms with E-state index in [-0.39, 0.29) is 11.6 Å². The minimum Gasteiger partial charge on any atom is -0.348 e. The molecule has 0 saturated carbocycles. The van der Waals surface area contributed by atoms with Crippen LogP contribution in [0.2, 0.25) is 0 Å². The minimum absolute atomic E-state index is 0.0838. The highest BCUT2D eigenvalue weighted by Gasteiger charge is 2.10. The van der Waals surface area contributed by atoms with Crippen LogP contribution in [0, 0.1) is 11.3 Å². The van der Waals surface area contributed by atoms with Gasteiger partial charge in [0.05, 0.1) is 22.7 Å². The summed E-state index contributed by atoms with van der Waals surface area (Å²) in [6.07, 6.45) is 0. The first-order chi connectivity index (χ1) is 11.5. The van der Waals surface area contributed by atoms with Crippen molar-refractivity contribution in [2.75, 3.05) is 0 Å². The average Bonchev–Trinajstić information content (AvgIpc) is 2.84. The number of aromatic nitrogens is 2. The topological polar surface area (TPSA) is 79.8 Å². The number of nitrogens with zero attached hydrogens (tertiary/aromatic N) is 3. The molecule has 0 atom stereocenters. The van der Waals surface area contributed by atoms with Crippen molar-refractivity contribution in [3.05, 3.63) is 69.6 Å². The lowest BCUT2D eigenvalue weighted by atomic mass is 10.1. The van der Waals surface area contributed by atoms with Crippen LogP contribution in [-0.4, -0.2) is 15.0 Å². The van der Waals surface area contributed by atoms with Crippen LogP contribution < -0.4 is 11.0 Å². The summed E-state index contributed by atoms with van der Waals surface area (Å²) in [6, 6.07) is 14.2. The second-order valence-corrected chi connectivity index (χ2v) is 5.60. The zero-order chi connectivity index (χ0) is 17.3. The Labute approximate surface area is 138 Å². The van der Waals surface area contributed by atoms with Gasteiger partial charge in [0.15, 0.2) is 0 Å². The van der Waals surface area contributed by atoms with Gasteiger partial charge in [-0.2, -0.15) is 5.26 Å². The van der Waals surface area contributed by atoms with Gasteiger partial charge in [0.2, 0.25) is 0 Å². The molecule has 3 rings (SSSR count). The minimum atomic E-state index is -0.242. The third-order valence-electron chi connectivity index (χ3n) is 4.04. The molecule has 6 heteroatoms. The van der Waals surface area contributed by atoms with E-state index in [2.05, 4.69) is 5.32 Å². The van der Waals surface area contributed by atoms with Crippen LogP contribution in [0.5, 0.6) is 0 Å². The van der Waals surface area contributed by atoms with Crippen molar-refractivity contribution < 1.29 is 4.79 Å². The van der Waals surface area contributed by atoms with E-state index in [1.807, 2.05) is 24.3 Å². The summed E-state index contributed by atoms with van der Waals surface area (Å²) in [5.74, 6) is -0.242. The second-order valence-electron chi connectivity index (χ2n) is 5.60. The fourth-order valence-corrected chi connectivity index (χ4v) is 2.68. The Bertz CT molecular complexity index is 1040. The van der Waals surface area contributed by atoms with Crippen LogP contribution in [0.4, 0.5) is 0 Å². The predicted octanol–water partition coefficient (Wildman–Crippen LogP) is 1.68. The second kappa shape index (κ2) is 6.05. The summed E-state index contributed by atoms with van der Waals surface area (Å²) in [4.78, 5) is 24.1. The molecule has 0 unspecified atom stereocenters. The van der Waals surface area contributed by atoms with Crippen molar-refractivity contribution in [2.45, 2.75) is 6.54 Å². The van der Waals surface area contributed by atoms with E-state index < -0.39 is 0 Å². The van der Waals surface area contributed by atoms with Crippen LogP contribution in [0.15, 0.2) is 47.3 Å². The third-order valence-corrected chi connectivity index (χ3v) is 4.04. The monoisotopic (exact) mass is 320 g/mol. The molecule has 1 aromatic heterocycles. The maximum atomic E-state index is 12.2. The van der Waals surface area contributed by atoms with Gasteiger partial charge in [-0.05, 0) is 35.9 Å². The highest BCUT2D eigenvalue weighted by Crippen LogP contribution is 2.14. The van der Waals surface area contributed by atoms with E-state index in [4.69, 9.17) is 5.26 Å². The smallest absolute Gasteiger partial charge is 0.328 e. The zero-order valence-electron chi connectivity index (χ0n) is 13.4. The molecule has 2 aromatic carbocycles. The molecule has 6 nitrogen and oxygen atoms in total.